The summed E-state index contributed by atoms with van der Waals surface area (Å²) in [5.41, 5.74) is -0.106. The lowest BCUT2D eigenvalue weighted by atomic mass is 10.2. The number of benzene rings is 1. The third-order valence-corrected chi connectivity index (χ3v) is 2.91. The summed E-state index contributed by atoms with van der Waals surface area (Å²) in [4.78, 5) is 24.9. The van der Waals surface area contributed by atoms with Gasteiger partial charge in [-0.25, -0.2) is 4.39 Å². The Balaban J connectivity index is 2.95. The van der Waals surface area contributed by atoms with E-state index in [9.17, 15) is 14.0 Å². The first-order valence-corrected chi connectivity index (χ1v) is 6.79. The van der Waals surface area contributed by atoms with Crippen molar-refractivity contribution in [3.63, 3.8) is 0 Å². The van der Waals surface area contributed by atoms with Gasteiger partial charge >= 0.3 is 5.97 Å². The lowest BCUT2D eigenvalue weighted by molar-refractivity contribution is -0.143. The van der Waals surface area contributed by atoms with Crippen molar-refractivity contribution in [1.82, 2.24) is 4.90 Å². The van der Waals surface area contributed by atoms with Crippen LogP contribution in [0.25, 0.3) is 0 Å². The Bertz CT molecular complexity index is 519. The topological polar surface area (TPSA) is 46.6 Å². The van der Waals surface area contributed by atoms with Gasteiger partial charge in [-0.1, -0.05) is 22.0 Å². The van der Waals surface area contributed by atoms with Gasteiger partial charge in [0.2, 0.25) is 0 Å². The molecule has 0 saturated carbocycles. The molecule has 1 aromatic carbocycles. The number of amides is 1. The average molecular weight is 344 g/mol. The minimum atomic E-state index is -0.642. The fourth-order valence-corrected chi connectivity index (χ4v) is 1.93. The first kappa shape index (κ1) is 16.4. The summed E-state index contributed by atoms with van der Waals surface area (Å²) in [6, 6.07) is 4.06. The van der Waals surface area contributed by atoms with Crippen molar-refractivity contribution in [2.75, 3.05) is 19.7 Å². The fraction of sp³-hybridized carbons (Fsp3) is 0.286. The largest absolute Gasteiger partial charge is 0.465 e. The van der Waals surface area contributed by atoms with Gasteiger partial charge in [0.15, 0.2) is 0 Å². The number of nitrogens with zero attached hydrogens (tertiary/aromatic N) is 1. The van der Waals surface area contributed by atoms with Crippen LogP contribution in [-0.4, -0.2) is 36.5 Å². The summed E-state index contributed by atoms with van der Waals surface area (Å²) in [6.45, 7) is 5.30. The van der Waals surface area contributed by atoms with Gasteiger partial charge < -0.3 is 9.64 Å². The number of carbonyl (C=O) groups is 2. The summed E-state index contributed by atoms with van der Waals surface area (Å²) in [6.07, 6.45) is 1.47. The summed E-state index contributed by atoms with van der Waals surface area (Å²) in [7, 11) is 0. The van der Waals surface area contributed by atoms with Crippen molar-refractivity contribution in [2.45, 2.75) is 6.92 Å². The van der Waals surface area contributed by atoms with E-state index in [4.69, 9.17) is 4.74 Å². The predicted molar refractivity (Wildman–Crippen MR) is 76.8 cm³/mol. The van der Waals surface area contributed by atoms with Crippen LogP contribution in [0.3, 0.4) is 0 Å². The number of rotatable bonds is 6. The summed E-state index contributed by atoms with van der Waals surface area (Å²) in [5, 5.41) is 0. The van der Waals surface area contributed by atoms with Gasteiger partial charge in [0.1, 0.15) is 12.4 Å². The molecule has 6 heteroatoms. The van der Waals surface area contributed by atoms with Crippen LogP contribution in [0.15, 0.2) is 35.3 Å². The van der Waals surface area contributed by atoms with Crippen molar-refractivity contribution >= 4 is 27.8 Å². The molecule has 108 valence electrons. The SMILES string of the molecule is C=CCN(CC(=O)OCC)C(=O)c1cc(Br)ccc1F. The lowest BCUT2D eigenvalue weighted by Gasteiger charge is -2.20. The molecule has 0 aliphatic heterocycles. The highest BCUT2D eigenvalue weighted by Gasteiger charge is 2.21. The minimum absolute atomic E-state index is 0.106. The van der Waals surface area contributed by atoms with Gasteiger partial charge in [-0.3, -0.25) is 9.59 Å². The van der Waals surface area contributed by atoms with E-state index in [1.54, 1.807) is 6.92 Å². The number of hydrogen-bond acceptors (Lipinski definition) is 3. The molecule has 0 aliphatic carbocycles. The van der Waals surface area contributed by atoms with E-state index in [0.717, 1.165) is 0 Å². The third-order valence-electron chi connectivity index (χ3n) is 2.42. The van der Waals surface area contributed by atoms with Crippen molar-refractivity contribution in [3.05, 3.63) is 46.7 Å². The zero-order valence-corrected chi connectivity index (χ0v) is 12.7. The quantitative estimate of drug-likeness (QED) is 0.589. The Labute approximate surface area is 125 Å². The van der Waals surface area contributed by atoms with Crippen LogP contribution in [0, 0.1) is 5.82 Å². The molecule has 0 bridgehead atoms. The van der Waals surface area contributed by atoms with Crippen LogP contribution in [0.5, 0.6) is 0 Å². The molecule has 0 unspecified atom stereocenters. The maximum atomic E-state index is 13.7. The van der Waals surface area contributed by atoms with E-state index in [1.165, 1.54) is 29.2 Å². The number of ether oxygens (including phenoxy) is 1. The molecule has 0 radical (unpaired) electrons. The second kappa shape index (κ2) is 7.79. The maximum absolute atomic E-state index is 13.7. The Morgan fingerprint density at radius 3 is 2.80 bits per heavy atom. The van der Waals surface area contributed by atoms with Gasteiger partial charge in [0.05, 0.1) is 12.2 Å². The van der Waals surface area contributed by atoms with Crippen LogP contribution in [-0.2, 0) is 9.53 Å². The molecule has 0 saturated heterocycles. The zero-order chi connectivity index (χ0) is 15.1. The van der Waals surface area contributed by atoms with E-state index in [1.807, 2.05) is 0 Å². The van der Waals surface area contributed by atoms with Gasteiger partial charge in [-0.2, -0.15) is 0 Å². The van der Waals surface area contributed by atoms with Gasteiger partial charge in [0, 0.05) is 11.0 Å². The molecule has 0 aromatic heterocycles. The molecule has 0 fully saturated rings. The predicted octanol–water partition coefficient (Wildman–Crippen LogP) is 2.78. The van der Waals surface area contributed by atoms with Crippen LogP contribution in [0.4, 0.5) is 4.39 Å². The highest BCUT2D eigenvalue weighted by molar-refractivity contribution is 9.10. The number of halogens is 2. The molecule has 0 aliphatic rings. The van der Waals surface area contributed by atoms with E-state index in [2.05, 4.69) is 22.5 Å². The smallest absolute Gasteiger partial charge is 0.325 e. The molecular weight excluding hydrogens is 329 g/mol. The molecule has 0 heterocycles. The fourth-order valence-electron chi connectivity index (χ4n) is 1.57. The second-order valence-electron chi connectivity index (χ2n) is 3.90. The summed E-state index contributed by atoms with van der Waals surface area (Å²) in [5.74, 6) is -1.77. The first-order valence-electron chi connectivity index (χ1n) is 6.00. The zero-order valence-electron chi connectivity index (χ0n) is 11.1. The van der Waals surface area contributed by atoms with Crippen LogP contribution < -0.4 is 0 Å². The summed E-state index contributed by atoms with van der Waals surface area (Å²) < 4.78 is 19.1. The highest BCUT2D eigenvalue weighted by atomic mass is 79.9. The third kappa shape index (κ3) is 4.45. The van der Waals surface area contributed by atoms with Crippen LogP contribution >= 0.6 is 15.9 Å². The number of hydrogen-bond donors (Lipinski definition) is 0. The van der Waals surface area contributed by atoms with Crippen molar-refractivity contribution in [1.29, 1.82) is 0 Å². The summed E-state index contributed by atoms with van der Waals surface area (Å²) >= 11 is 3.18. The van der Waals surface area contributed by atoms with Crippen molar-refractivity contribution < 1.29 is 18.7 Å². The van der Waals surface area contributed by atoms with Crippen molar-refractivity contribution in [3.8, 4) is 0 Å². The molecule has 1 aromatic rings. The molecular formula is C14H15BrFNO3. The minimum Gasteiger partial charge on any atom is -0.465 e. The molecule has 20 heavy (non-hydrogen) atoms. The average Bonchev–Trinajstić information content (AvgIpc) is 2.40. The Morgan fingerprint density at radius 1 is 1.50 bits per heavy atom. The monoisotopic (exact) mass is 343 g/mol. The molecule has 0 spiro atoms. The van der Waals surface area contributed by atoms with E-state index >= 15 is 0 Å². The van der Waals surface area contributed by atoms with Gasteiger partial charge in [0.25, 0.3) is 5.91 Å². The van der Waals surface area contributed by atoms with Crippen molar-refractivity contribution in [2.24, 2.45) is 0 Å². The van der Waals surface area contributed by atoms with E-state index in [0.29, 0.717) is 4.47 Å². The molecule has 4 nitrogen and oxygen atoms in total. The number of carbonyl (C=O) groups excluding carboxylic acids is 2. The van der Waals surface area contributed by atoms with Gasteiger partial charge in [-0.05, 0) is 25.1 Å². The lowest BCUT2D eigenvalue weighted by Crippen LogP contribution is -2.37. The highest BCUT2D eigenvalue weighted by Crippen LogP contribution is 2.17. The van der Waals surface area contributed by atoms with Crippen LogP contribution in [0.1, 0.15) is 17.3 Å². The Morgan fingerprint density at radius 2 is 2.20 bits per heavy atom. The van der Waals surface area contributed by atoms with Crippen LogP contribution in [0.2, 0.25) is 0 Å². The number of esters is 1. The first-order chi connectivity index (χ1) is 9.49. The Kier molecular flexibility index (Phi) is 6.38. The molecule has 0 atom stereocenters. The Hall–Kier alpha value is -1.69. The van der Waals surface area contributed by atoms with Gasteiger partial charge in [-0.15, -0.1) is 6.58 Å². The molecule has 1 amide bonds. The standard InChI is InChI=1S/C14H15BrFNO3/c1-3-7-17(9-13(18)20-4-2)14(19)11-8-10(15)5-6-12(11)16/h3,5-6,8H,1,4,7,9H2,2H3. The molecule has 1 rings (SSSR count). The second-order valence-corrected chi connectivity index (χ2v) is 4.82. The molecule has 0 N–H and O–H groups in total. The van der Waals surface area contributed by atoms with E-state index < -0.39 is 17.7 Å². The maximum Gasteiger partial charge on any atom is 0.325 e. The normalized spacial score (nSPS) is 9.95. The van der Waals surface area contributed by atoms with E-state index in [-0.39, 0.29) is 25.3 Å².